The molecule has 17 heavy (non-hydrogen) atoms. The molecule has 4 nitrogen and oxygen atoms in total. The van der Waals surface area contributed by atoms with Gasteiger partial charge >= 0.3 is 5.97 Å². The Labute approximate surface area is 101 Å². The minimum atomic E-state index is -0.349. The molecule has 1 rings (SSSR count). The molecule has 0 saturated carbocycles. The number of carbonyl (C=O) groups is 2. The van der Waals surface area contributed by atoms with Gasteiger partial charge in [0.05, 0.1) is 6.42 Å². The molecule has 1 aromatic carbocycles. The molecule has 0 atom stereocenters. The third-order valence-corrected chi connectivity index (χ3v) is 2.12. The lowest BCUT2D eigenvalue weighted by molar-refractivity contribution is -0.131. The standard InChI is InChI=1S/C13H17NO3/c1-3-8-14-13(16)9-11-4-6-12(7-5-11)17-10(2)15/h4-7H,3,8-9H2,1-2H3,(H,14,16). The second kappa shape index (κ2) is 6.68. The molecule has 0 aliphatic carbocycles. The second-order valence-electron chi connectivity index (χ2n) is 3.76. The molecule has 0 spiro atoms. The molecular weight excluding hydrogens is 218 g/mol. The molecule has 0 aliphatic rings. The molecular formula is C13H17NO3. The van der Waals surface area contributed by atoms with Crippen LogP contribution in [0, 0.1) is 0 Å². The highest BCUT2D eigenvalue weighted by Crippen LogP contribution is 2.12. The van der Waals surface area contributed by atoms with Crippen LogP contribution in [0.25, 0.3) is 0 Å². The summed E-state index contributed by atoms with van der Waals surface area (Å²) in [5, 5.41) is 2.80. The first-order valence-corrected chi connectivity index (χ1v) is 5.66. The molecule has 0 radical (unpaired) electrons. The highest BCUT2D eigenvalue weighted by Gasteiger charge is 2.03. The van der Waals surface area contributed by atoms with Crippen molar-refractivity contribution in [1.82, 2.24) is 5.32 Å². The Hall–Kier alpha value is -1.84. The minimum absolute atomic E-state index is 0.00656. The summed E-state index contributed by atoms with van der Waals surface area (Å²) in [7, 11) is 0. The van der Waals surface area contributed by atoms with Gasteiger partial charge in [-0.05, 0) is 24.1 Å². The highest BCUT2D eigenvalue weighted by atomic mass is 16.5. The Balaban J connectivity index is 2.50. The second-order valence-corrected chi connectivity index (χ2v) is 3.76. The molecule has 0 aromatic heterocycles. The first-order chi connectivity index (χ1) is 8.11. The van der Waals surface area contributed by atoms with Gasteiger partial charge in [0.1, 0.15) is 5.75 Å². The van der Waals surface area contributed by atoms with E-state index in [1.54, 1.807) is 24.3 Å². The first kappa shape index (κ1) is 13.2. The third-order valence-electron chi connectivity index (χ3n) is 2.12. The van der Waals surface area contributed by atoms with Gasteiger partial charge in [-0.1, -0.05) is 19.1 Å². The van der Waals surface area contributed by atoms with Gasteiger partial charge in [0, 0.05) is 13.5 Å². The molecule has 1 N–H and O–H groups in total. The summed E-state index contributed by atoms with van der Waals surface area (Å²) in [5.74, 6) is 0.153. The molecule has 1 aromatic rings. The SMILES string of the molecule is CCCNC(=O)Cc1ccc(OC(C)=O)cc1. The van der Waals surface area contributed by atoms with E-state index in [2.05, 4.69) is 5.32 Å². The van der Waals surface area contributed by atoms with Crippen molar-refractivity contribution in [3.63, 3.8) is 0 Å². The Kier molecular flexibility index (Phi) is 5.20. The maximum atomic E-state index is 11.4. The normalized spacial score (nSPS) is 9.76. The molecule has 0 aliphatic heterocycles. The van der Waals surface area contributed by atoms with Gasteiger partial charge in [-0.15, -0.1) is 0 Å². The molecule has 1 amide bonds. The largest absolute Gasteiger partial charge is 0.427 e. The summed E-state index contributed by atoms with van der Waals surface area (Å²) in [5.41, 5.74) is 0.898. The van der Waals surface area contributed by atoms with Crippen LogP contribution in [0.5, 0.6) is 5.75 Å². The van der Waals surface area contributed by atoms with Crippen molar-refractivity contribution in [2.24, 2.45) is 0 Å². The van der Waals surface area contributed by atoms with E-state index in [9.17, 15) is 9.59 Å². The average molecular weight is 235 g/mol. The smallest absolute Gasteiger partial charge is 0.308 e. The van der Waals surface area contributed by atoms with E-state index in [0.29, 0.717) is 18.7 Å². The van der Waals surface area contributed by atoms with Gasteiger partial charge in [-0.3, -0.25) is 9.59 Å². The number of ether oxygens (including phenoxy) is 1. The number of hydrogen-bond acceptors (Lipinski definition) is 3. The monoisotopic (exact) mass is 235 g/mol. The van der Waals surface area contributed by atoms with Crippen LogP contribution < -0.4 is 10.1 Å². The van der Waals surface area contributed by atoms with Crippen LogP contribution in [0.4, 0.5) is 0 Å². The summed E-state index contributed by atoms with van der Waals surface area (Å²) in [6.45, 7) is 4.06. The van der Waals surface area contributed by atoms with Crippen LogP contribution in [-0.4, -0.2) is 18.4 Å². The number of amides is 1. The number of carbonyl (C=O) groups excluding carboxylic acids is 2. The fourth-order valence-corrected chi connectivity index (χ4v) is 1.35. The zero-order valence-corrected chi connectivity index (χ0v) is 10.2. The number of nitrogens with one attached hydrogen (secondary N) is 1. The fraction of sp³-hybridized carbons (Fsp3) is 0.385. The summed E-state index contributed by atoms with van der Waals surface area (Å²) in [4.78, 5) is 22.1. The van der Waals surface area contributed by atoms with Crippen molar-refractivity contribution in [3.05, 3.63) is 29.8 Å². The first-order valence-electron chi connectivity index (χ1n) is 5.66. The minimum Gasteiger partial charge on any atom is -0.427 e. The van der Waals surface area contributed by atoms with E-state index in [1.807, 2.05) is 6.92 Å². The van der Waals surface area contributed by atoms with Crippen LogP contribution in [0.3, 0.4) is 0 Å². The van der Waals surface area contributed by atoms with Crippen molar-refractivity contribution in [1.29, 1.82) is 0 Å². The van der Waals surface area contributed by atoms with E-state index in [4.69, 9.17) is 4.74 Å². The molecule has 92 valence electrons. The fourth-order valence-electron chi connectivity index (χ4n) is 1.35. The Morgan fingerprint density at radius 2 is 1.88 bits per heavy atom. The van der Waals surface area contributed by atoms with Crippen LogP contribution in [-0.2, 0) is 16.0 Å². The topological polar surface area (TPSA) is 55.4 Å². The molecule has 0 saturated heterocycles. The van der Waals surface area contributed by atoms with Crippen LogP contribution in [0.15, 0.2) is 24.3 Å². The summed E-state index contributed by atoms with van der Waals surface area (Å²) < 4.78 is 4.90. The van der Waals surface area contributed by atoms with Crippen molar-refractivity contribution in [3.8, 4) is 5.75 Å². The van der Waals surface area contributed by atoms with Crippen LogP contribution in [0.2, 0.25) is 0 Å². The molecule has 0 unspecified atom stereocenters. The van der Waals surface area contributed by atoms with Gasteiger partial charge in [-0.25, -0.2) is 0 Å². The maximum absolute atomic E-state index is 11.4. The quantitative estimate of drug-likeness (QED) is 0.624. The zero-order valence-electron chi connectivity index (χ0n) is 10.2. The number of hydrogen-bond donors (Lipinski definition) is 1. The molecule has 0 heterocycles. The van der Waals surface area contributed by atoms with Gasteiger partial charge in [-0.2, -0.15) is 0 Å². The Morgan fingerprint density at radius 3 is 2.41 bits per heavy atom. The van der Waals surface area contributed by atoms with Crippen molar-refractivity contribution < 1.29 is 14.3 Å². The predicted molar refractivity (Wildman–Crippen MR) is 64.8 cm³/mol. The molecule has 0 fully saturated rings. The highest BCUT2D eigenvalue weighted by molar-refractivity contribution is 5.78. The van der Waals surface area contributed by atoms with Crippen molar-refractivity contribution >= 4 is 11.9 Å². The third kappa shape index (κ3) is 5.15. The number of esters is 1. The summed E-state index contributed by atoms with van der Waals surface area (Å²) >= 11 is 0. The van der Waals surface area contributed by atoms with Crippen LogP contribution in [0.1, 0.15) is 25.8 Å². The van der Waals surface area contributed by atoms with E-state index < -0.39 is 0 Å². The maximum Gasteiger partial charge on any atom is 0.308 e. The van der Waals surface area contributed by atoms with E-state index in [1.165, 1.54) is 6.92 Å². The van der Waals surface area contributed by atoms with Gasteiger partial charge in [0.15, 0.2) is 0 Å². The number of rotatable bonds is 5. The van der Waals surface area contributed by atoms with Gasteiger partial charge < -0.3 is 10.1 Å². The van der Waals surface area contributed by atoms with E-state index >= 15 is 0 Å². The van der Waals surface area contributed by atoms with Crippen LogP contribution >= 0.6 is 0 Å². The predicted octanol–water partition coefficient (Wildman–Crippen LogP) is 1.68. The lowest BCUT2D eigenvalue weighted by atomic mass is 10.1. The van der Waals surface area contributed by atoms with E-state index in [-0.39, 0.29) is 11.9 Å². The lowest BCUT2D eigenvalue weighted by Gasteiger charge is -2.05. The summed E-state index contributed by atoms with van der Waals surface area (Å²) in [6.07, 6.45) is 1.28. The van der Waals surface area contributed by atoms with Crippen molar-refractivity contribution in [2.45, 2.75) is 26.7 Å². The Bertz CT molecular complexity index is 384. The van der Waals surface area contributed by atoms with Gasteiger partial charge in [0.2, 0.25) is 5.91 Å². The average Bonchev–Trinajstić information content (AvgIpc) is 2.28. The van der Waals surface area contributed by atoms with E-state index in [0.717, 1.165) is 12.0 Å². The Morgan fingerprint density at radius 1 is 1.24 bits per heavy atom. The lowest BCUT2D eigenvalue weighted by Crippen LogP contribution is -2.25. The molecule has 0 bridgehead atoms. The zero-order chi connectivity index (χ0) is 12.7. The molecule has 4 heteroatoms. The van der Waals surface area contributed by atoms with Crippen molar-refractivity contribution in [2.75, 3.05) is 6.54 Å². The summed E-state index contributed by atoms with van der Waals surface area (Å²) in [6, 6.07) is 6.93. The van der Waals surface area contributed by atoms with Gasteiger partial charge in [0.25, 0.3) is 0 Å². The number of benzene rings is 1.